The summed E-state index contributed by atoms with van der Waals surface area (Å²) < 4.78 is 0. The van der Waals surface area contributed by atoms with Crippen LogP contribution in [0.3, 0.4) is 0 Å². The Morgan fingerprint density at radius 1 is 1.19 bits per heavy atom. The molecule has 0 radical (unpaired) electrons. The second-order valence-electron chi connectivity index (χ2n) is 8.01. The number of nitrogens with zero attached hydrogens (tertiary/aromatic N) is 3. The van der Waals surface area contributed by atoms with Crippen molar-refractivity contribution in [2.75, 3.05) is 38.1 Å². The van der Waals surface area contributed by atoms with E-state index in [4.69, 9.17) is 0 Å². The van der Waals surface area contributed by atoms with Gasteiger partial charge in [0, 0.05) is 28.8 Å². The van der Waals surface area contributed by atoms with Gasteiger partial charge in [0.2, 0.25) is 5.91 Å². The van der Waals surface area contributed by atoms with E-state index in [1.165, 1.54) is 4.90 Å². The first-order valence-electron chi connectivity index (χ1n) is 9.96. The van der Waals surface area contributed by atoms with Crippen molar-refractivity contribution in [3.63, 3.8) is 0 Å². The molecule has 1 atom stereocenters. The van der Waals surface area contributed by atoms with E-state index < -0.39 is 0 Å². The molecule has 5 heteroatoms. The Bertz CT molecular complexity index is 613. The van der Waals surface area contributed by atoms with E-state index >= 15 is 0 Å². The van der Waals surface area contributed by atoms with Crippen LogP contribution in [0.5, 0.6) is 0 Å². The number of rotatable bonds is 4. The lowest BCUT2D eigenvalue weighted by atomic mass is 10.0. The van der Waals surface area contributed by atoms with Crippen LogP contribution in [0.4, 0.5) is 5.69 Å². The van der Waals surface area contributed by atoms with E-state index in [1.54, 1.807) is 0 Å². The summed E-state index contributed by atoms with van der Waals surface area (Å²) in [4.78, 5) is 21.2. The number of carbonyl (C=O) groups excluding carboxylic acids is 1. The van der Waals surface area contributed by atoms with Gasteiger partial charge in [-0.25, -0.2) is 0 Å². The number of fused-ring (bicyclic) bond motifs is 1. The Morgan fingerprint density at radius 2 is 1.88 bits per heavy atom. The van der Waals surface area contributed by atoms with E-state index in [9.17, 15) is 4.79 Å². The predicted molar refractivity (Wildman–Crippen MR) is 111 cm³/mol. The smallest absolute Gasteiger partial charge is 0.241 e. The largest absolute Gasteiger partial charge is 0.310 e. The molecule has 3 rings (SSSR count). The topological polar surface area (TPSA) is 26.8 Å². The molecule has 0 aromatic heterocycles. The summed E-state index contributed by atoms with van der Waals surface area (Å²) in [6.07, 6.45) is 3.36. The Hall–Kier alpha value is -1.04. The molecule has 0 saturated carbocycles. The summed E-state index contributed by atoms with van der Waals surface area (Å²) in [6.45, 7) is 10.4. The number of hydrogen-bond acceptors (Lipinski definition) is 4. The van der Waals surface area contributed by atoms with Crippen LogP contribution in [0.2, 0.25) is 0 Å². The highest BCUT2D eigenvalue weighted by Crippen LogP contribution is 2.37. The molecular weight excluding hydrogens is 342 g/mol. The number of piperidine rings is 1. The monoisotopic (exact) mass is 375 g/mol. The minimum atomic E-state index is 0.237. The van der Waals surface area contributed by atoms with Gasteiger partial charge < -0.3 is 9.80 Å². The van der Waals surface area contributed by atoms with Gasteiger partial charge in [-0.05, 0) is 65.4 Å². The van der Waals surface area contributed by atoms with Crippen LogP contribution in [0, 0.1) is 0 Å². The summed E-state index contributed by atoms with van der Waals surface area (Å²) in [7, 11) is 2.12. The molecule has 1 fully saturated rings. The minimum Gasteiger partial charge on any atom is -0.310 e. The van der Waals surface area contributed by atoms with Crippen molar-refractivity contribution in [3.05, 3.63) is 24.3 Å². The second kappa shape index (κ2) is 8.77. The van der Waals surface area contributed by atoms with Gasteiger partial charge in [-0.3, -0.25) is 9.69 Å². The predicted octanol–water partition coefficient (Wildman–Crippen LogP) is 3.71. The van der Waals surface area contributed by atoms with Crippen LogP contribution in [0.25, 0.3) is 0 Å². The SMILES string of the molecule is CC1CCN(C(=O)CN(C)C2CCN(C(C)C)CC2)c2ccccc2S1. The van der Waals surface area contributed by atoms with Gasteiger partial charge >= 0.3 is 0 Å². The molecule has 0 bridgehead atoms. The highest BCUT2D eigenvalue weighted by Gasteiger charge is 2.28. The van der Waals surface area contributed by atoms with Crippen molar-refractivity contribution in [1.82, 2.24) is 9.80 Å². The van der Waals surface area contributed by atoms with Crippen LogP contribution in [0.15, 0.2) is 29.2 Å². The summed E-state index contributed by atoms with van der Waals surface area (Å²) in [5.41, 5.74) is 1.09. The molecule has 0 spiro atoms. The number of para-hydroxylation sites is 1. The molecule has 2 heterocycles. The maximum Gasteiger partial charge on any atom is 0.241 e. The van der Waals surface area contributed by atoms with E-state index in [2.05, 4.69) is 55.8 Å². The van der Waals surface area contributed by atoms with Gasteiger partial charge in [0.25, 0.3) is 0 Å². The maximum absolute atomic E-state index is 13.1. The molecule has 0 aliphatic carbocycles. The number of carbonyl (C=O) groups is 1. The number of amides is 1. The number of thioether (sulfide) groups is 1. The van der Waals surface area contributed by atoms with Crippen LogP contribution >= 0.6 is 11.8 Å². The second-order valence-corrected chi connectivity index (χ2v) is 9.49. The molecular formula is C21H33N3OS. The third-order valence-electron chi connectivity index (χ3n) is 5.78. The molecule has 1 aromatic carbocycles. The maximum atomic E-state index is 13.1. The first-order chi connectivity index (χ1) is 12.5. The van der Waals surface area contributed by atoms with Gasteiger partial charge in [0.15, 0.2) is 0 Å². The first kappa shape index (κ1) is 19.7. The lowest BCUT2D eigenvalue weighted by Crippen LogP contribution is -2.48. The van der Waals surface area contributed by atoms with Crippen LogP contribution in [-0.2, 0) is 4.79 Å². The zero-order valence-corrected chi connectivity index (χ0v) is 17.5. The lowest BCUT2D eigenvalue weighted by molar-refractivity contribution is -0.120. The summed E-state index contributed by atoms with van der Waals surface area (Å²) in [5, 5.41) is 0.548. The van der Waals surface area contributed by atoms with E-state index in [-0.39, 0.29) is 5.91 Å². The van der Waals surface area contributed by atoms with Crippen molar-refractivity contribution >= 4 is 23.4 Å². The quantitative estimate of drug-likeness (QED) is 0.802. The van der Waals surface area contributed by atoms with Crippen LogP contribution in [-0.4, -0.2) is 66.3 Å². The molecule has 1 unspecified atom stereocenters. The Kier molecular flexibility index (Phi) is 6.65. The van der Waals surface area contributed by atoms with Gasteiger partial charge in [0.05, 0.1) is 12.2 Å². The number of benzene rings is 1. The summed E-state index contributed by atoms with van der Waals surface area (Å²) in [5.74, 6) is 0.237. The van der Waals surface area contributed by atoms with Gasteiger partial charge in [-0.2, -0.15) is 0 Å². The fourth-order valence-corrected chi connectivity index (χ4v) is 5.13. The van der Waals surface area contributed by atoms with E-state index in [1.807, 2.05) is 22.7 Å². The molecule has 4 nitrogen and oxygen atoms in total. The molecule has 0 N–H and O–H groups in total. The molecule has 26 heavy (non-hydrogen) atoms. The Morgan fingerprint density at radius 3 is 2.58 bits per heavy atom. The molecule has 1 amide bonds. The standard InChI is InChI=1S/C21H33N3OS/c1-16(2)23-12-10-18(11-13-23)22(4)15-21(25)24-14-9-17(3)26-20-8-6-5-7-19(20)24/h5-8,16-18H,9-15H2,1-4H3. The minimum absolute atomic E-state index is 0.237. The molecule has 1 saturated heterocycles. The van der Waals surface area contributed by atoms with Crippen molar-refractivity contribution in [1.29, 1.82) is 0 Å². The average molecular weight is 376 g/mol. The zero-order valence-electron chi connectivity index (χ0n) is 16.6. The third-order valence-corrected chi connectivity index (χ3v) is 7.02. The average Bonchev–Trinajstić information content (AvgIpc) is 2.79. The fraction of sp³-hybridized carbons (Fsp3) is 0.667. The van der Waals surface area contributed by atoms with Crippen LogP contribution in [0.1, 0.15) is 40.0 Å². The number of hydrogen-bond donors (Lipinski definition) is 0. The summed E-state index contributed by atoms with van der Waals surface area (Å²) >= 11 is 1.89. The van der Waals surface area contributed by atoms with Crippen molar-refractivity contribution in [2.24, 2.45) is 0 Å². The van der Waals surface area contributed by atoms with E-state index in [0.717, 1.165) is 44.6 Å². The molecule has 2 aliphatic rings. The normalized spacial score (nSPS) is 22.5. The third kappa shape index (κ3) is 4.62. The Labute approximate surface area is 162 Å². The molecule has 1 aromatic rings. The van der Waals surface area contributed by atoms with Crippen molar-refractivity contribution in [2.45, 2.75) is 62.3 Å². The highest BCUT2D eigenvalue weighted by atomic mass is 32.2. The van der Waals surface area contributed by atoms with E-state index in [0.29, 0.717) is 23.9 Å². The highest BCUT2D eigenvalue weighted by molar-refractivity contribution is 8.00. The molecule has 144 valence electrons. The summed E-state index contributed by atoms with van der Waals surface area (Å²) in [6, 6.07) is 9.50. The fourth-order valence-electron chi connectivity index (χ4n) is 4.02. The van der Waals surface area contributed by atoms with Gasteiger partial charge in [-0.1, -0.05) is 19.1 Å². The molecule has 2 aliphatic heterocycles. The van der Waals surface area contributed by atoms with Gasteiger partial charge in [-0.15, -0.1) is 11.8 Å². The van der Waals surface area contributed by atoms with Crippen molar-refractivity contribution < 1.29 is 4.79 Å². The van der Waals surface area contributed by atoms with Crippen LogP contribution < -0.4 is 4.90 Å². The van der Waals surface area contributed by atoms with Gasteiger partial charge in [0.1, 0.15) is 0 Å². The number of likely N-dealkylation sites (N-methyl/N-ethyl adjacent to an activating group) is 1. The number of anilines is 1. The Balaban J connectivity index is 1.63. The van der Waals surface area contributed by atoms with Crippen molar-refractivity contribution in [3.8, 4) is 0 Å². The zero-order chi connectivity index (χ0) is 18.7. The lowest BCUT2D eigenvalue weighted by Gasteiger charge is -2.38. The number of likely N-dealkylation sites (tertiary alicyclic amines) is 1. The first-order valence-corrected chi connectivity index (χ1v) is 10.8.